The van der Waals surface area contributed by atoms with E-state index in [2.05, 4.69) is 28.2 Å². The van der Waals surface area contributed by atoms with Crippen molar-refractivity contribution in [2.45, 2.75) is 58.4 Å². The van der Waals surface area contributed by atoms with Crippen molar-refractivity contribution in [1.29, 1.82) is 0 Å². The van der Waals surface area contributed by atoms with Crippen molar-refractivity contribution in [1.82, 2.24) is 9.88 Å². The fraction of sp³-hybridized carbons (Fsp3) is 0.625. The van der Waals surface area contributed by atoms with Gasteiger partial charge >= 0.3 is 0 Å². The zero-order valence-corrected chi connectivity index (χ0v) is 14.2. The number of Topliss-reactive ketones (excluding diaryl/α,β-unsaturated/α-hetero) is 1. The third-order valence-corrected chi connectivity index (χ3v) is 4.59. The van der Waals surface area contributed by atoms with Gasteiger partial charge in [-0.05, 0) is 28.4 Å². The lowest BCUT2D eigenvalue weighted by Gasteiger charge is -2.10. The lowest BCUT2D eigenvalue weighted by atomic mass is 10.1. The highest BCUT2D eigenvalue weighted by Gasteiger charge is 2.26. The Balaban J connectivity index is 2.03. The van der Waals surface area contributed by atoms with Gasteiger partial charge in [0, 0.05) is 25.1 Å². The van der Waals surface area contributed by atoms with Crippen molar-refractivity contribution in [3.05, 3.63) is 21.9 Å². The van der Waals surface area contributed by atoms with E-state index in [1.54, 1.807) is 6.07 Å². The smallest absolute Gasteiger partial charge is 0.268 e. The number of hydrogen-bond donors (Lipinski definition) is 1. The van der Waals surface area contributed by atoms with Gasteiger partial charge in [-0.3, -0.25) is 9.59 Å². The fourth-order valence-electron chi connectivity index (χ4n) is 2.75. The summed E-state index contributed by atoms with van der Waals surface area (Å²) < 4.78 is 2.76. The molecule has 2 heterocycles. The number of nitrogens with zero attached hydrogens (tertiary/aromatic N) is 1. The first-order valence-electron chi connectivity index (χ1n) is 7.85. The van der Waals surface area contributed by atoms with E-state index < -0.39 is 0 Å². The van der Waals surface area contributed by atoms with Crippen molar-refractivity contribution >= 4 is 27.6 Å². The fourth-order valence-corrected chi connectivity index (χ4v) is 3.34. The third-order valence-electron chi connectivity index (χ3n) is 3.93. The second-order valence-corrected chi connectivity index (χ2v) is 6.39. The lowest BCUT2D eigenvalue weighted by Crippen LogP contribution is -2.25. The molecule has 0 saturated carbocycles. The Kier molecular flexibility index (Phi) is 6.03. The highest BCUT2D eigenvalue weighted by Crippen LogP contribution is 2.25. The summed E-state index contributed by atoms with van der Waals surface area (Å²) in [6, 6.07) is 1.79. The summed E-state index contributed by atoms with van der Waals surface area (Å²) in [5.41, 5.74) is 1.08. The number of halogens is 1. The molecular formula is C16H23BrN2O2. The quantitative estimate of drug-likeness (QED) is 0.754. The molecule has 1 aromatic rings. The van der Waals surface area contributed by atoms with E-state index >= 15 is 0 Å². The summed E-state index contributed by atoms with van der Waals surface area (Å²) >= 11 is 3.48. The van der Waals surface area contributed by atoms with Crippen molar-refractivity contribution in [3.8, 4) is 0 Å². The van der Waals surface area contributed by atoms with E-state index in [1.807, 2.05) is 4.57 Å². The second kappa shape index (κ2) is 7.78. The molecule has 0 atom stereocenters. The summed E-state index contributed by atoms with van der Waals surface area (Å²) in [7, 11) is 0. The van der Waals surface area contributed by atoms with Crippen LogP contribution >= 0.6 is 15.9 Å². The number of rotatable bonds is 7. The van der Waals surface area contributed by atoms with Crippen LogP contribution in [0.25, 0.3) is 0 Å². The topological polar surface area (TPSA) is 51.1 Å². The van der Waals surface area contributed by atoms with Crippen LogP contribution in [0.2, 0.25) is 0 Å². The van der Waals surface area contributed by atoms with Gasteiger partial charge < -0.3 is 9.88 Å². The Morgan fingerprint density at radius 2 is 1.90 bits per heavy atom. The standard InChI is InChI=1S/C16H23BrN2O2/c1-2-3-4-5-6-7-10-19-14(17)11-12-13(20)8-9-18-16(21)15(12)19/h11H,2-10H2,1H3,(H,18,21). The molecule has 1 aromatic heterocycles. The molecule has 0 aliphatic carbocycles. The van der Waals surface area contributed by atoms with Gasteiger partial charge in [0.2, 0.25) is 0 Å². The third kappa shape index (κ3) is 3.96. The average Bonchev–Trinajstić information content (AvgIpc) is 2.72. The minimum Gasteiger partial charge on any atom is -0.350 e. The largest absolute Gasteiger partial charge is 0.350 e. The monoisotopic (exact) mass is 354 g/mol. The average molecular weight is 355 g/mol. The van der Waals surface area contributed by atoms with Crippen LogP contribution in [-0.2, 0) is 6.54 Å². The normalized spacial score (nSPS) is 14.8. The summed E-state index contributed by atoms with van der Waals surface area (Å²) in [5, 5.41) is 2.80. The van der Waals surface area contributed by atoms with Crippen molar-refractivity contribution in [2.75, 3.05) is 6.54 Å². The lowest BCUT2D eigenvalue weighted by molar-refractivity contribution is 0.0946. The minimum atomic E-state index is -0.132. The molecule has 1 amide bonds. The number of fused-ring (bicyclic) bond motifs is 1. The molecule has 116 valence electrons. The van der Waals surface area contributed by atoms with Crippen LogP contribution in [0.1, 0.15) is 72.7 Å². The van der Waals surface area contributed by atoms with E-state index in [0.29, 0.717) is 24.2 Å². The summed E-state index contributed by atoms with van der Waals surface area (Å²) in [4.78, 5) is 24.2. The predicted molar refractivity (Wildman–Crippen MR) is 86.8 cm³/mol. The number of ketones is 1. The molecule has 0 fully saturated rings. The van der Waals surface area contributed by atoms with E-state index in [-0.39, 0.29) is 11.7 Å². The Morgan fingerprint density at radius 1 is 1.19 bits per heavy atom. The molecule has 0 spiro atoms. The van der Waals surface area contributed by atoms with Gasteiger partial charge in [-0.25, -0.2) is 0 Å². The number of hydrogen-bond acceptors (Lipinski definition) is 2. The van der Waals surface area contributed by atoms with Crippen LogP contribution in [0.5, 0.6) is 0 Å². The molecule has 0 saturated heterocycles. The molecule has 0 aromatic carbocycles. The number of unbranched alkanes of at least 4 members (excludes halogenated alkanes) is 5. The first-order chi connectivity index (χ1) is 10.1. The van der Waals surface area contributed by atoms with Gasteiger partial charge in [-0.2, -0.15) is 0 Å². The highest BCUT2D eigenvalue weighted by molar-refractivity contribution is 9.10. The van der Waals surface area contributed by atoms with Gasteiger partial charge in [0.05, 0.1) is 4.60 Å². The first kappa shape index (κ1) is 16.3. The van der Waals surface area contributed by atoms with E-state index in [9.17, 15) is 9.59 Å². The summed E-state index contributed by atoms with van der Waals surface area (Å²) in [6.45, 7) is 3.42. The maximum absolute atomic E-state index is 12.2. The maximum atomic E-state index is 12.2. The van der Waals surface area contributed by atoms with Crippen LogP contribution in [0.3, 0.4) is 0 Å². The molecule has 1 aliphatic heterocycles. The molecule has 2 rings (SSSR count). The number of carbonyl (C=O) groups is 2. The Hall–Kier alpha value is -1.10. The molecule has 4 nitrogen and oxygen atoms in total. The van der Waals surface area contributed by atoms with E-state index in [0.717, 1.165) is 24.0 Å². The molecule has 0 radical (unpaired) electrons. The number of amides is 1. The van der Waals surface area contributed by atoms with Gasteiger partial charge in [0.25, 0.3) is 5.91 Å². The molecule has 0 unspecified atom stereocenters. The van der Waals surface area contributed by atoms with Crippen molar-refractivity contribution < 1.29 is 9.59 Å². The second-order valence-electron chi connectivity index (χ2n) is 5.58. The SMILES string of the molecule is CCCCCCCCn1c(Br)cc2c1C(=O)NCCC2=O. The van der Waals surface area contributed by atoms with Crippen LogP contribution in [0.15, 0.2) is 10.7 Å². The van der Waals surface area contributed by atoms with Crippen LogP contribution in [0, 0.1) is 0 Å². The van der Waals surface area contributed by atoms with Gasteiger partial charge in [-0.15, -0.1) is 0 Å². The molecule has 1 N–H and O–H groups in total. The molecular weight excluding hydrogens is 332 g/mol. The van der Waals surface area contributed by atoms with Gasteiger partial charge in [0.1, 0.15) is 5.69 Å². The zero-order chi connectivity index (χ0) is 15.2. The van der Waals surface area contributed by atoms with Crippen molar-refractivity contribution in [3.63, 3.8) is 0 Å². The predicted octanol–water partition coefficient (Wildman–Crippen LogP) is 3.93. The Morgan fingerprint density at radius 3 is 2.67 bits per heavy atom. The molecule has 0 bridgehead atoms. The Bertz CT molecular complexity index is 523. The van der Waals surface area contributed by atoms with Crippen LogP contribution in [-0.4, -0.2) is 22.8 Å². The number of nitrogens with one attached hydrogen (secondary N) is 1. The highest BCUT2D eigenvalue weighted by atomic mass is 79.9. The van der Waals surface area contributed by atoms with Crippen molar-refractivity contribution in [2.24, 2.45) is 0 Å². The first-order valence-corrected chi connectivity index (χ1v) is 8.65. The van der Waals surface area contributed by atoms with Gasteiger partial charge in [0.15, 0.2) is 5.78 Å². The number of aromatic nitrogens is 1. The zero-order valence-electron chi connectivity index (χ0n) is 12.6. The van der Waals surface area contributed by atoms with E-state index in [1.165, 1.54) is 25.7 Å². The van der Waals surface area contributed by atoms with Crippen LogP contribution < -0.4 is 5.32 Å². The maximum Gasteiger partial charge on any atom is 0.268 e. The number of carbonyl (C=O) groups excluding carboxylic acids is 2. The van der Waals surface area contributed by atoms with Crippen LogP contribution in [0.4, 0.5) is 0 Å². The molecule has 1 aliphatic rings. The molecule has 21 heavy (non-hydrogen) atoms. The molecule has 5 heteroatoms. The summed E-state index contributed by atoms with van der Waals surface area (Å²) in [5.74, 6) is -0.0849. The van der Waals surface area contributed by atoms with E-state index in [4.69, 9.17) is 0 Å². The minimum absolute atomic E-state index is 0.0470. The summed E-state index contributed by atoms with van der Waals surface area (Å²) in [6.07, 6.45) is 7.63. The Labute approximate surface area is 134 Å². The van der Waals surface area contributed by atoms with Gasteiger partial charge in [-0.1, -0.05) is 39.0 Å².